The van der Waals surface area contributed by atoms with Crippen molar-refractivity contribution in [2.24, 2.45) is 0 Å². The van der Waals surface area contributed by atoms with Crippen LogP contribution in [0.2, 0.25) is 0 Å². The summed E-state index contributed by atoms with van der Waals surface area (Å²) < 4.78 is 0. The van der Waals surface area contributed by atoms with Gasteiger partial charge in [0.25, 0.3) is 5.91 Å². The first kappa shape index (κ1) is 29.3. The second-order valence-electron chi connectivity index (χ2n) is 10.4. The van der Waals surface area contributed by atoms with Gasteiger partial charge in [0, 0.05) is 11.0 Å². The Hall–Kier alpha value is -2.92. The standard InChI is InChI=1S/C31H43NO4/c1-9-30(36,10-2)18-17-23-13-14-24(19-21(23)5)31(11-3,12-4)25-15-16-26(22(6)20-25)27(33)32-29(7,8)28(34)35/h13-20,36H,9-12H2,1-8H3,(H,32,33)(H,34,35). The number of amides is 1. The van der Waals surface area contributed by atoms with Gasteiger partial charge in [0.15, 0.2) is 0 Å². The van der Waals surface area contributed by atoms with E-state index in [9.17, 15) is 19.8 Å². The first-order chi connectivity index (χ1) is 16.8. The van der Waals surface area contributed by atoms with Gasteiger partial charge >= 0.3 is 5.97 Å². The largest absolute Gasteiger partial charge is 0.480 e. The van der Waals surface area contributed by atoms with E-state index in [2.05, 4.69) is 50.4 Å². The fraction of sp³-hybridized carbons (Fsp3) is 0.484. The third-order valence-corrected chi connectivity index (χ3v) is 7.81. The lowest BCUT2D eigenvalue weighted by atomic mass is 9.69. The normalized spacial score (nSPS) is 12.7. The molecule has 0 saturated heterocycles. The SMILES string of the molecule is CCC(O)(C=Cc1ccc(C(CC)(CC)c2ccc(C(=O)NC(C)(C)C(=O)O)c(C)c2)cc1C)CC. The van der Waals surface area contributed by atoms with Crippen LogP contribution >= 0.6 is 0 Å². The smallest absolute Gasteiger partial charge is 0.328 e. The van der Waals surface area contributed by atoms with Gasteiger partial charge in [-0.15, -0.1) is 0 Å². The molecule has 2 aromatic rings. The molecule has 0 spiro atoms. The Morgan fingerprint density at radius 3 is 1.83 bits per heavy atom. The van der Waals surface area contributed by atoms with Crippen LogP contribution in [0.4, 0.5) is 0 Å². The van der Waals surface area contributed by atoms with Crippen LogP contribution in [0.15, 0.2) is 42.5 Å². The Balaban J connectivity index is 2.46. The van der Waals surface area contributed by atoms with E-state index in [4.69, 9.17) is 0 Å². The van der Waals surface area contributed by atoms with E-state index in [1.54, 1.807) is 6.07 Å². The zero-order valence-corrected chi connectivity index (χ0v) is 23.2. The number of carboxylic acids is 1. The lowest BCUT2D eigenvalue weighted by Crippen LogP contribution is -2.49. The predicted octanol–water partition coefficient (Wildman–Crippen LogP) is 6.57. The quantitative estimate of drug-likeness (QED) is 0.330. The molecule has 5 heteroatoms. The molecule has 2 aromatic carbocycles. The maximum Gasteiger partial charge on any atom is 0.328 e. The molecule has 0 aromatic heterocycles. The van der Waals surface area contributed by atoms with Crippen molar-refractivity contribution in [3.05, 3.63) is 75.9 Å². The van der Waals surface area contributed by atoms with Gasteiger partial charge in [-0.2, -0.15) is 0 Å². The molecule has 0 atom stereocenters. The Kier molecular flexibility index (Phi) is 9.30. The fourth-order valence-corrected chi connectivity index (χ4v) is 4.74. The second kappa shape index (κ2) is 11.4. The minimum absolute atomic E-state index is 0.222. The highest BCUT2D eigenvalue weighted by molar-refractivity contribution is 5.98. The molecule has 0 aliphatic carbocycles. The van der Waals surface area contributed by atoms with Gasteiger partial charge < -0.3 is 15.5 Å². The molecule has 2 rings (SSSR count). The van der Waals surface area contributed by atoms with Gasteiger partial charge in [-0.1, -0.05) is 70.2 Å². The third kappa shape index (κ3) is 6.07. The van der Waals surface area contributed by atoms with E-state index in [1.807, 2.05) is 39.0 Å². The molecule has 36 heavy (non-hydrogen) atoms. The van der Waals surface area contributed by atoms with Crippen molar-refractivity contribution in [3.8, 4) is 0 Å². The minimum Gasteiger partial charge on any atom is -0.480 e. The first-order valence-corrected chi connectivity index (χ1v) is 13.0. The summed E-state index contributed by atoms with van der Waals surface area (Å²) in [4.78, 5) is 24.2. The van der Waals surface area contributed by atoms with E-state index in [-0.39, 0.29) is 5.41 Å². The van der Waals surface area contributed by atoms with Crippen LogP contribution < -0.4 is 5.32 Å². The number of nitrogens with one attached hydrogen (secondary N) is 1. The molecule has 0 fully saturated rings. The van der Waals surface area contributed by atoms with Crippen molar-refractivity contribution in [2.45, 2.75) is 97.6 Å². The number of carboxylic acid groups (broad SMARTS) is 1. The van der Waals surface area contributed by atoms with Crippen LogP contribution in [0.1, 0.15) is 105 Å². The molecular formula is C31H43NO4. The summed E-state index contributed by atoms with van der Waals surface area (Å²) in [6.07, 6.45) is 7.05. The third-order valence-electron chi connectivity index (χ3n) is 7.81. The Labute approximate surface area is 216 Å². The van der Waals surface area contributed by atoms with Gasteiger partial charge in [-0.3, -0.25) is 4.79 Å². The number of benzene rings is 2. The number of aryl methyl sites for hydroxylation is 2. The monoisotopic (exact) mass is 493 g/mol. The summed E-state index contributed by atoms with van der Waals surface area (Å²) in [6, 6.07) is 12.4. The summed E-state index contributed by atoms with van der Waals surface area (Å²) >= 11 is 0. The lowest BCUT2D eigenvalue weighted by Gasteiger charge is -2.34. The van der Waals surface area contributed by atoms with Gasteiger partial charge in [-0.25, -0.2) is 4.79 Å². The topological polar surface area (TPSA) is 86.6 Å². The van der Waals surface area contributed by atoms with Gasteiger partial charge in [-0.05, 0) is 87.3 Å². The number of aliphatic hydroxyl groups is 1. The minimum atomic E-state index is -1.35. The highest BCUT2D eigenvalue weighted by Gasteiger charge is 2.33. The van der Waals surface area contributed by atoms with E-state index in [0.717, 1.165) is 35.1 Å². The Morgan fingerprint density at radius 2 is 1.39 bits per heavy atom. The van der Waals surface area contributed by atoms with Gasteiger partial charge in [0.2, 0.25) is 0 Å². The highest BCUT2D eigenvalue weighted by Crippen LogP contribution is 2.40. The van der Waals surface area contributed by atoms with E-state index in [0.29, 0.717) is 18.4 Å². The van der Waals surface area contributed by atoms with Crippen LogP contribution in [0, 0.1) is 13.8 Å². The number of hydrogen-bond donors (Lipinski definition) is 3. The Bertz CT molecular complexity index is 1120. The van der Waals surface area contributed by atoms with Crippen molar-refractivity contribution in [2.75, 3.05) is 0 Å². The zero-order chi connectivity index (χ0) is 27.3. The summed E-state index contributed by atoms with van der Waals surface area (Å²) in [5.74, 6) is -1.47. The molecule has 0 bridgehead atoms. The molecule has 0 saturated carbocycles. The Morgan fingerprint density at radius 1 is 0.861 bits per heavy atom. The second-order valence-corrected chi connectivity index (χ2v) is 10.4. The number of carbonyl (C=O) groups is 2. The van der Waals surface area contributed by atoms with Crippen LogP contribution in [0.25, 0.3) is 6.08 Å². The number of rotatable bonds is 11. The molecule has 1 amide bonds. The average Bonchev–Trinajstić information content (AvgIpc) is 2.84. The van der Waals surface area contributed by atoms with Gasteiger partial charge in [0.05, 0.1) is 5.60 Å². The van der Waals surface area contributed by atoms with Crippen LogP contribution in [0.3, 0.4) is 0 Å². The van der Waals surface area contributed by atoms with Gasteiger partial charge in [0.1, 0.15) is 5.54 Å². The van der Waals surface area contributed by atoms with Crippen molar-refractivity contribution in [1.29, 1.82) is 0 Å². The highest BCUT2D eigenvalue weighted by atomic mass is 16.4. The molecular weight excluding hydrogens is 450 g/mol. The van der Waals surface area contributed by atoms with E-state index in [1.165, 1.54) is 19.4 Å². The summed E-state index contributed by atoms with van der Waals surface area (Å²) in [5, 5.41) is 22.6. The van der Waals surface area contributed by atoms with Crippen molar-refractivity contribution >= 4 is 18.0 Å². The molecule has 0 aliphatic rings. The molecule has 5 nitrogen and oxygen atoms in total. The van der Waals surface area contributed by atoms with Crippen LogP contribution in [-0.2, 0) is 10.2 Å². The number of carbonyl (C=O) groups excluding carboxylic acids is 1. The van der Waals surface area contributed by atoms with E-state index < -0.39 is 23.0 Å². The van der Waals surface area contributed by atoms with Crippen molar-refractivity contribution in [3.63, 3.8) is 0 Å². The molecule has 0 unspecified atom stereocenters. The molecule has 0 heterocycles. The molecule has 196 valence electrons. The summed E-state index contributed by atoms with van der Waals surface area (Å²) in [7, 11) is 0. The molecule has 0 aliphatic heterocycles. The first-order valence-electron chi connectivity index (χ1n) is 13.0. The molecule has 0 radical (unpaired) electrons. The average molecular weight is 494 g/mol. The lowest BCUT2D eigenvalue weighted by molar-refractivity contribution is -0.143. The summed E-state index contributed by atoms with van der Waals surface area (Å²) in [6.45, 7) is 15.3. The molecule has 3 N–H and O–H groups in total. The van der Waals surface area contributed by atoms with Crippen molar-refractivity contribution < 1.29 is 19.8 Å². The number of aliphatic carboxylic acids is 1. The van der Waals surface area contributed by atoms with Crippen LogP contribution in [-0.4, -0.2) is 33.2 Å². The summed E-state index contributed by atoms with van der Waals surface area (Å²) in [5.41, 5.74) is 3.51. The zero-order valence-electron chi connectivity index (χ0n) is 23.2. The fourth-order valence-electron chi connectivity index (χ4n) is 4.74. The van der Waals surface area contributed by atoms with Crippen LogP contribution in [0.5, 0.6) is 0 Å². The predicted molar refractivity (Wildman–Crippen MR) is 147 cm³/mol. The number of hydrogen-bond acceptors (Lipinski definition) is 3. The van der Waals surface area contributed by atoms with E-state index >= 15 is 0 Å². The maximum absolute atomic E-state index is 12.8. The maximum atomic E-state index is 12.8. The van der Waals surface area contributed by atoms with Crippen molar-refractivity contribution in [1.82, 2.24) is 5.32 Å².